The van der Waals surface area contributed by atoms with E-state index in [0.29, 0.717) is 19.5 Å². The molecule has 3 aromatic rings. The summed E-state index contributed by atoms with van der Waals surface area (Å²) in [7, 11) is 0. The largest absolute Gasteiger partial charge is 0.478 e. The van der Waals surface area contributed by atoms with E-state index in [0.717, 1.165) is 23.2 Å². The highest BCUT2D eigenvalue weighted by Gasteiger charge is 2.33. The molecule has 0 radical (unpaired) electrons. The van der Waals surface area contributed by atoms with Crippen molar-refractivity contribution in [2.75, 3.05) is 0 Å². The lowest BCUT2D eigenvalue weighted by Gasteiger charge is -2.16. The van der Waals surface area contributed by atoms with Crippen molar-refractivity contribution in [3.05, 3.63) is 59.8 Å². The molecular formula is C20H22FN5O3. The quantitative estimate of drug-likeness (QED) is 0.483. The van der Waals surface area contributed by atoms with Crippen LogP contribution in [0.1, 0.15) is 28.8 Å². The summed E-state index contributed by atoms with van der Waals surface area (Å²) in [6.45, 7) is 1.05. The molecule has 9 heteroatoms. The van der Waals surface area contributed by atoms with E-state index < -0.39 is 12.1 Å². The van der Waals surface area contributed by atoms with E-state index in [2.05, 4.69) is 20.6 Å². The molecule has 1 aromatic carbocycles. The summed E-state index contributed by atoms with van der Waals surface area (Å²) < 4.78 is 15.1. The van der Waals surface area contributed by atoms with Crippen LogP contribution in [-0.2, 0) is 13.1 Å². The molecule has 3 atom stereocenters. The van der Waals surface area contributed by atoms with Crippen LogP contribution in [0.25, 0.3) is 11.3 Å². The Kier molecular flexibility index (Phi) is 5.41. The topological polar surface area (TPSA) is 116 Å². The molecule has 2 heterocycles. The fourth-order valence-corrected chi connectivity index (χ4v) is 3.91. The van der Waals surface area contributed by atoms with Crippen LogP contribution in [0.5, 0.6) is 0 Å². The molecule has 1 fully saturated rings. The summed E-state index contributed by atoms with van der Waals surface area (Å²) in [5.41, 5.74) is 2.52. The van der Waals surface area contributed by atoms with Crippen molar-refractivity contribution in [3.8, 4) is 11.3 Å². The van der Waals surface area contributed by atoms with E-state index in [4.69, 9.17) is 5.11 Å². The highest BCUT2D eigenvalue weighted by atomic mass is 19.1. The van der Waals surface area contributed by atoms with E-state index in [-0.39, 0.29) is 23.3 Å². The monoisotopic (exact) mass is 399 g/mol. The molecule has 152 valence electrons. The number of carboxylic acid groups (broad SMARTS) is 1. The van der Waals surface area contributed by atoms with Crippen molar-refractivity contribution in [2.24, 2.45) is 5.92 Å². The highest BCUT2D eigenvalue weighted by Crippen LogP contribution is 2.28. The number of carboxylic acids is 1. The number of rotatable bonds is 7. The normalized spacial score (nSPS) is 21.5. The number of nitrogens with one attached hydrogen (secondary N) is 2. The lowest BCUT2D eigenvalue weighted by molar-refractivity contribution is 0.0696. The summed E-state index contributed by atoms with van der Waals surface area (Å²) in [4.78, 5) is 11.0. The van der Waals surface area contributed by atoms with Crippen LogP contribution >= 0.6 is 0 Å². The van der Waals surface area contributed by atoms with Crippen molar-refractivity contribution in [3.63, 3.8) is 0 Å². The van der Waals surface area contributed by atoms with E-state index in [1.54, 1.807) is 16.9 Å². The molecule has 4 N–H and O–H groups in total. The van der Waals surface area contributed by atoms with E-state index in [9.17, 15) is 14.3 Å². The van der Waals surface area contributed by atoms with Crippen molar-refractivity contribution >= 4 is 5.97 Å². The molecule has 1 aliphatic rings. The average molecular weight is 399 g/mol. The number of aromatic carboxylic acids is 1. The van der Waals surface area contributed by atoms with Crippen molar-refractivity contribution < 1.29 is 19.4 Å². The van der Waals surface area contributed by atoms with Crippen molar-refractivity contribution in [1.82, 2.24) is 25.3 Å². The molecule has 1 unspecified atom stereocenters. The standard InChI is InChI=1S/C20H22FN5O3/c21-16-3-1-2-13(6-16)19-14(8-23-25-19)7-22-17-4-12(5-18(17)27)10-26-11-15(9-24-26)20(28)29/h1-3,6,8-9,11-12,17-18,22,27H,4-5,7,10H2,(H,23,25)(H,28,29)/t12?,17-,18-/m1/s1. The molecule has 0 spiro atoms. The second-order valence-electron chi connectivity index (χ2n) is 7.43. The Balaban J connectivity index is 1.36. The molecule has 0 amide bonds. The van der Waals surface area contributed by atoms with Gasteiger partial charge in [0.15, 0.2) is 0 Å². The van der Waals surface area contributed by atoms with E-state index in [1.807, 2.05) is 6.07 Å². The predicted octanol–water partition coefficient (Wildman–Crippen LogP) is 2.04. The Bertz CT molecular complexity index is 1000. The van der Waals surface area contributed by atoms with Gasteiger partial charge in [0.25, 0.3) is 0 Å². The Morgan fingerprint density at radius 2 is 2.21 bits per heavy atom. The summed E-state index contributed by atoms with van der Waals surface area (Å²) in [5, 5.41) is 33.8. The molecule has 2 aromatic heterocycles. The average Bonchev–Trinajstić information content (AvgIpc) is 3.40. The molecule has 0 bridgehead atoms. The first-order valence-electron chi connectivity index (χ1n) is 9.45. The number of aliphatic hydroxyl groups is 1. The molecule has 0 aliphatic heterocycles. The molecular weight excluding hydrogens is 377 g/mol. The number of hydrogen-bond acceptors (Lipinski definition) is 5. The van der Waals surface area contributed by atoms with Gasteiger partial charge < -0.3 is 15.5 Å². The van der Waals surface area contributed by atoms with Crippen LogP contribution in [0.15, 0.2) is 42.9 Å². The summed E-state index contributed by atoms with van der Waals surface area (Å²) >= 11 is 0. The highest BCUT2D eigenvalue weighted by molar-refractivity contribution is 5.86. The fraction of sp³-hybridized carbons (Fsp3) is 0.350. The second kappa shape index (κ2) is 8.14. The summed E-state index contributed by atoms with van der Waals surface area (Å²) in [5.74, 6) is -1.12. The number of aromatic nitrogens is 4. The number of hydrogen-bond donors (Lipinski definition) is 4. The van der Waals surface area contributed by atoms with Gasteiger partial charge in [-0.2, -0.15) is 10.2 Å². The van der Waals surface area contributed by atoms with Crippen LogP contribution in [0, 0.1) is 11.7 Å². The third kappa shape index (κ3) is 4.36. The smallest absolute Gasteiger partial charge is 0.338 e. The van der Waals surface area contributed by atoms with Crippen LogP contribution in [0.3, 0.4) is 0 Å². The number of carbonyl (C=O) groups is 1. The first kappa shape index (κ1) is 19.3. The Morgan fingerprint density at radius 1 is 1.34 bits per heavy atom. The van der Waals surface area contributed by atoms with Gasteiger partial charge in [-0.05, 0) is 30.9 Å². The molecule has 1 aliphatic carbocycles. The first-order chi connectivity index (χ1) is 14.0. The molecule has 29 heavy (non-hydrogen) atoms. The Hall–Kier alpha value is -3.04. The van der Waals surface area contributed by atoms with Crippen molar-refractivity contribution in [1.29, 1.82) is 0 Å². The summed E-state index contributed by atoms with van der Waals surface area (Å²) in [6.07, 6.45) is 5.39. The lowest BCUT2D eigenvalue weighted by atomic mass is 10.1. The Morgan fingerprint density at radius 3 is 2.97 bits per heavy atom. The van der Waals surface area contributed by atoms with Gasteiger partial charge >= 0.3 is 5.97 Å². The lowest BCUT2D eigenvalue weighted by Crippen LogP contribution is -2.35. The van der Waals surface area contributed by atoms with Crippen molar-refractivity contribution in [2.45, 2.75) is 38.1 Å². The zero-order chi connectivity index (χ0) is 20.4. The first-order valence-corrected chi connectivity index (χ1v) is 9.45. The van der Waals surface area contributed by atoms with Gasteiger partial charge in [-0.25, -0.2) is 9.18 Å². The minimum Gasteiger partial charge on any atom is -0.478 e. The van der Waals surface area contributed by atoms with Gasteiger partial charge in [0.1, 0.15) is 5.82 Å². The third-order valence-electron chi connectivity index (χ3n) is 5.34. The third-order valence-corrected chi connectivity index (χ3v) is 5.34. The number of H-pyrrole nitrogens is 1. The van der Waals surface area contributed by atoms with Gasteiger partial charge in [0.05, 0.1) is 29.8 Å². The fourth-order valence-electron chi connectivity index (χ4n) is 3.91. The molecule has 1 saturated carbocycles. The van der Waals surface area contributed by atoms with Gasteiger partial charge in [-0.3, -0.25) is 9.78 Å². The van der Waals surface area contributed by atoms with Gasteiger partial charge in [0.2, 0.25) is 0 Å². The van der Waals surface area contributed by atoms with Gasteiger partial charge in [-0.1, -0.05) is 12.1 Å². The maximum Gasteiger partial charge on any atom is 0.338 e. The summed E-state index contributed by atoms with van der Waals surface area (Å²) in [6, 6.07) is 6.22. The zero-order valence-electron chi connectivity index (χ0n) is 15.6. The number of halogens is 1. The molecule has 4 rings (SSSR count). The van der Waals surface area contributed by atoms with Gasteiger partial charge in [-0.15, -0.1) is 0 Å². The van der Waals surface area contributed by atoms with Gasteiger partial charge in [0, 0.05) is 36.5 Å². The SMILES string of the molecule is O=C(O)c1cnn(CC2C[C@@H](O)[C@H](NCc3cn[nH]c3-c3cccc(F)c3)C2)c1. The number of benzene rings is 1. The van der Waals surface area contributed by atoms with Crippen LogP contribution in [0.4, 0.5) is 4.39 Å². The van der Waals surface area contributed by atoms with Crippen LogP contribution in [-0.4, -0.2) is 48.3 Å². The van der Waals surface area contributed by atoms with E-state index in [1.165, 1.54) is 24.5 Å². The van der Waals surface area contributed by atoms with Crippen LogP contribution in [0.2, 0.25) is 0 Å². The second-order valence-corrected chi connectivity index (χ2v) is 7.43. The van der Waals surface area contributed by atoms with Crippen LogP contribution < -0.4 is 5.32 Å². The number of aliphatic hydroxyl groups excluding tert-OH is 1. The Labute approximate surface area is 166 Å². The maximum absolute atomic E-state index is 13.5. The molecule has 8 nitrogen and oxygen atoms in total. The van der Waals surface area contributed by atoms with E-state index >= 15 is 0 Å². The minimum absolute atomic E-state index is 0.0928. The molecule has 0 saturated heterocycles. The predicted molar refractivity (Wildman–Crippen MR) is 103 cm³/mol. The zero-order valence-corrected chi connectivity index (χ0v) is 15.6. The number of nitrogens with zero attached hydrogens (tertiary/aromatic N) is 3. The minimum atomic E-state index is -1.00. The number of aromatic amines is 1. The maximum atomic E-state index is 13.5.